The Balaban J connectivity index is 1.75. The van der Waals surface area contributed by atoms with Gasteiger partial charge >= 0.3 is 0 Å². The molecule has 21 heavy (non-hydrogen) atoms. The standard InChI is InChI=1S/C16H22N4O/c1-21-13-5-2-4-12(10-13)20-15(17)18-11-16(20)7-9-19-8-3-6-14(16)19/h2,4-5,10,14H,3,6-9,11H2,1H3,(H2,17,18). The molecular weight excluding hydrogens is 264 g/mol. The van der Waals surface area contributed by atoms with Gasteiger partial charge in [-0.3, -0.25) is 9.89 Å². The lowest BCUT2D eigenvalue weighted by atomic mass is 9.87. The van der Waals surface area contributed by atoms with Crippen molar-refractivity contribution in [3.8, 4) is 5.75 Å². The molecule has 0 aliphatic carbocycles. The lowest BCUT2D eigenvalue weighted by Gasteiger charge is -2.40. The number of anilines is 1. The van der Waals surface area contributed by atoms with Gasteiger partial charge in [0.1, 0.15) is 5.75 Å². The molecule has 0 saturated carbocycles. The Labute approximate surface area is 125 Å². The quantitative estimate of drug-likeness (QED) is 0.894. The van der Waals surface area contributed by atoms with Crippen LogP contribution in [-0.4, -0.2) is 49.2 Å². The smallest absolute Gasteiger partial charge is 0.196 e. The minimum atomic E-state index is 0.0486. The highest BCUT2D eigenvalue weighted by atomic mass is 16.5. The van der Waals surface area contributed by atoms with Gasteiger partial charge < -0.3 is 15.4 Å². The molecule has 2 unspecified atom stereocenters. The van der Waals surface area contributed by atoms with Crippen LogP contribution in [0.2, 0.25) is 0 Å². The van der Waals surface area contributed by atoms with Crippen LogP contribution in [0, 0.1) is 0 Å². The van der Waals surface area contributed by atoms with Crippen molar-refractivity contribution < 1.29 is 4.74 Å². The Morgan fingerprint density at radius 2 is 2.29 bits per heavy atom. The fraction of sp³-hybridized carbons (Fsp3) is 0.562. The van der Waals surface area contributed by atoms with Gasteiger partial charge in [-0.15, -0.1) is 0 Å². The molecule has 3 heterocycles. The summed E-state index contributed by atoms with van der Waals surface area (Å²) in [6.07, 6.45) is 3.68. The Morgan fingerprint density at radius 1 is 1.38 bits per heavy atom. The van der Waals surface area contributed by atoms with Gasteiger partial charge in [-0.25, -0.2) is 0 Å². The molecule has 112 valence electrons. The number of guanidine groups is 1. The van der Waals surface area contributed by atoms with Crippen molar-refractivity contribution in [3.63, 3.8) is 0 Å². The van der Waals surface area contributed by atoms with Crippen LogP contribution in [0.3, 0.4) is 0 Å². The topological polar surface area (TPSA) is 54.1 Å². The zero-order valence-electron chi connectivity index (χ0n) is 12.5. The van der Waals surface area contributed by atoms with Crippen molar-refractivity contribution in [2.24, 2.45) is 10.7 Å². The number of benzene rings is 1. The minimum absolute atomic E-state index is 0.0486. The highest BCUT2D eigenvalue weighted by Gasteiger charge is 2.55. The maximum atomic E-state index is 6.26. The monoisotopic (exact) mass is 286 g/mol. The third kappa shape index (κ3) is 1.77. The molecule has 5 heteroatoms. The van der Waals surface area contributed by atoms with E-state index in [-0.39, 0.29) is 5.54 Å². The SMILES string of the molecule is COc1cccc(N2C(N)=NCC23CCN2CCCC23)c1. The molecule has 1 aromatic carbocycles. The molecule has 4 rings (SSSR count). The minimum Gasteiger partial charge on any atom is -0.497 e. The number of nitrogens with two attached hydrogens (primary N) is 1. The van der Waals surface area contributed by atoms with E-state index in [9.17, 15) is 0 Å². The van der Waals surface area contributed by atoms with Crippen LogP contribution in [0.1, 0.15) is 19.3 Å². The molecule has 0 bridgehead atoms. The third-order valence-electron chi connectivity index (χ3n) is 5.32. The summed E-state index contributed by atoms with van der Waals surface area (Å²) in [5.41, 5.74) is 7.40. The van der Waals surface area contributed by atoms with Gasteiger partial charge in [-0.2, -0.15) is 0 Å². The molecule has 3 aliphatic rings. The number of ether oxygens (including phenoxy) is 1. The van der Waals surface area contributed by atoms with Crippen LogP contribution >= 0.6 is 0 Å². The largest absolute Gasteiger partial charge is 0.497 e. The first kappa shape index (κ1) is 13.0. The van der Waals surface area contributed by atoms with Crippen molar-refractivity contribution in [3.05, 3.63) is 24.3 Å². The number of methoxy groups -OCH3 is 1. The molecule has 2 fully saturated rings. The lowest BCUT2D eigenvalue weighted by molar-refractivity contribution is 0.274. The molecule has 5 nitrogen and oxygen atoms in total. The maximum Gasteiger partial charge on any atom is 0.196 e. The Bertz CT molecular complexity index is 587. The fourth-order valence-electron chi connectivity index (χ4n) is 4.38. The van der Waals surface area contributed by atoms with Gasteiger partial charge in [0.15, 0.2) is 5.96 Å². The van der Waals surface area contributed by atoms with E-state index in [0.29, 0.717) is 12.0 Å². The van der Waals surface area contributed by atoms with Gasteiger partial charge in [0.2, 0.25) is 0 Å². The number of nitrogens with zero attached hydrogens (tertiary/aromatic N) is 3. The van der Waals surface area contributed by atoms with Gasteiger partial charge in [-0.05, 0) is 37.9 Å². The van der Waals surface area contributed by atoms with Crippen molar-refractivity contribution >= 4 is 11.6 Å². The first-order valence-corrected chi connectivity index (χ1v) is 7.73. The van der Waals surface area contributed by atoms with E-state index in [1.54, 1.807) is 7.11 Å². The van der Waals surface area contributed by atoms with Gasteiger partial charge in [-0.1, -0.05) is 6.07 Å². The van der Waals surface area contributed by atoms with Crippen LogP contribution < -0.4 is 15.4 Å². The van der Waals surface area contributed by atoms with Crippen LogP contribution in [0.15, 0.2) is 29.3 Å². The summed E-state index contributed by atoms with van der Waals surface area (Å²) in [4.78, 5) is 9.48. The molecule has 2 atom stereocenters. The first-order valence-electron chi connectivity index (χ1n) is 7.73. The van der Waals surface area contributed by atoms with Crippen LogP contribution in [0.5, 0.6) is 5.75 Å². The molecule has 2 N–H and O–H groups in total. The van der Waals surface area contributed by atoms with Crippen molar-refractivity contribution in [2.75, 3.05) is 31.6 Å². The van der Waals surface area contributed by atoms with E-state index in [1.807, 2.05) is 12.1 Å². The first-order chi connectivity index (χ1) is 10.2. The Morgan fingerprint density at radius 3 is 3.14 bits per heavy atom. The molecular formula is C16H22N4O. The zero-order chi connectivity index (χ0) is 14.4. The zero-order valence-corrected chi connectivity index (χ0v) is 12.5. The number of aliphatic imine (C=N–C) groups is 1. The highest BCUT2D eigenvalue weighted by molar-refractivity contribution is 5.98. The normalized spacial score (nSPS) is 31.8. The molecule has 3 aliphatic heterocycles. The number of rotatable bonds is 2. The number of hydrogen-bond donors (Lipinski definition) is 1. The molecule has 0 aromatic heterocycles. The van der Waals surface area contributed by atoms with Crippen LogP contribution in [-0.2, 0) is 0 Å². The van der Waals surface area contributed by atoms with Gasteiger partial charge in [0.25, 0.3) is 0 Å². The average Bonchev–Trinajstić information content (AvgIpc) is 3.17. The summed E-state index contributed by atoms with van der Waals surface area (Å²) in [5, 5.41) is 0. The van der Waals surface area contributed by atoms with E-state index < -0.39 is 0 Å². The Hall–Kier alpha value is -1.75. The number of fused-ring (bicyclic) bond motifs is 2. The van der Waals surface area contributed by atoms with Crippen LogP contribution in [0.25, 0.3) is 0 Å². The predicted molar refractivity (Wildman–Crippen MR) is 83.9 cm³/mol. The highest BCUT2D eigenvalue weighted by Crippen LogP contribution is 2.44. The molecule has 2 saturated heterocycles. The fourth-order valence-corrected chi connectivity index (χ4v) is 4.38. The number of hydrogen-bond acceptors (Lipinski definition) is 5. The van der Waals surface area contributed by atoms with E-state index >= 15 is 0 Å². The average molecular weight is 286 g/mol. The summed E-state index contributed by atoms with van der Waals surface area (Å²) in [7, 11) is 1.70. The maximum absolute atomic E-state index is 6.26. The van der Waals surface area contributed by atoms with Crippen molar-refractivity contribution in [2.45, 2.75) is 30.8 Å². The Kier molecular flexibility index (Phi) is 2.85. The van der Waals surface area contributed by atoms with E-state index in [4.69, 9.17) is 10.5 Å². The second kappa shape index (κ2) is 4.63. The molecule has 1 aromatic rings. The predicted octanol–water partition coefficient (Wildman–Crippen LogP) is 1.44. The van der Waals surface area contributed by atoms with E-state index in [2.05, 4.69) is 26.9 Å². The second-order valence-electron chi connectivity index (χ2n) is 6.26. The summed E-state index contributed by atoms with van der Waals surface area (Å²) in [6.45, 7) is 3.20. The summed E-state index contributed by atoms with van der Waals surface area (Å²) in [6, 6.07) is 8.74. The van der Waals surface area contributed by atoms with E-state index in [0.717, 1.165) is 30.9 Å². The molecule has 1 spiro atoms. The summed E-state index contributed by atoms with van der Waals surface area (Å²) < 4.78 is 5.37. The lowest BCUT2D eigenvalue weighted by Crippen LogP contribution is -2.57. The van der Waals surface area contributed by atoms with Crippen molar-refractivity contribution in [1.29, 1.82) is 0 Å². The van der Waals surface area contributed by atoms with Gasteiger partial charge in [0, 0.05) is 24.3 Å². The summed E-state index contributed by atoms with van der Waals surface area (Å²) in [5.74, 6) is 1.51. The summed E-state index contributed by atoms with van der Waals surface area (Å²) >= 11 is 0. The molecule has 0 radical (unpaired) electrons. The van der Waals surface area contributed by atoms with Crippen molar-refractivity contribution in [1.82, 2.24) is 4.90 Å². The van der Waals surface area contributed by atoms with E-state index in [1.165, 1.54) is 19.4 Å². The molecule has 0 amide bonds. The third-order valence-corrected chi connectivity index (χ3v) is 5.32. The second-order valence-corrected chi connectivity index (χ2v) is 6.26. The van der Waals surface area contributed by atoms with Crippen LogP contribution in [0.4, 0.5) is 5.69 Å². The van der Waals surface area contributed by atoms with Gasteiger partial charge in [0.05, 0.1) is 19.2 Å².